The van der Waals surface area contributed by atoms with Crippen LogP contribution in [0.3, 0.4) is 0 Å². The summed E-state index contributed by atoms with van der Waals surface area (Å²) in [6, 6.07) is 0. The molecule has 0 aromatic rings. The Hall–Kier alpha value is -1.85. The molecule has 0 heterocycles. The number of nitrogens with zero attached hydrogens (tertiary/aromatic N) is 1. The van der Waals surface area contributed by atoms with Gasteiger partial charge < -0.3 is 14.4 Å². The van der Waals surface area contributed by atoms with E-state index >= 15 is 0 Å². The number of carbonyl (C=O) groups is 3. The summed E-state index contributed by atoms with van der Waals surface area (Å²) in [5.74, 6) is -1.64. The summed E-state index contributed by atoms with van der Waals surface area (Å²) in [5, 5.41) is 0. The van der Waals surface area contributed by atoms with E-state index < -0.39 is 17.8 Å². The van der Waals surface area contributed by atoms with Crippen LogP contribution in [0.5, 0.6) is 0 Å². The van der Waals surface area contributed by atoms with Crippen LogP contribution < -0.4 is 0 Å². The van der Waals surface area contributed by atoms with Crippen molar-refractivity contribution in [2.24, 2.45) is 0 Å². The molecular weight excluding hydrogens is 214 g/mol. The monoisotopic (exact) mass is 229 g/mol. The van der Waals surface area contributed by atoms with Crippen LogP contribution in [0.15, 0.2) is 12.2 Å². The van der Waals surface area contributed by atoms with Crippen LogP contribution in [-0.2, 0) is 23.9 Å². The number of ether oxygens (including phenoxy) is 2. The molecule has 0 fully saturated rings. The molecule has 0 saturated heterocycles. The SMILES string of the molecule is CC=CC(=O)N(CC(=O)OC)CC(=O)OC. The first-order valence-corrected chi connectivity index (χ1v) is 4.60. The van der Waals surface area contributed by atoms with Crippen molar-refractivity contribution in [3.8, 4) is 0 Å². The van der Waals surface area contributed by atoms with Gasteiger partial charge >= 0.3 is 11.9 Å². The number of carbonyl (C=O) groups excluding carboxylic acids is 3. The van der Waals surface area contributed by atoms with E-state index in [1.807, 2.05) is 0 Å². The van der Waals surface area contributed by atoms with Gasteiger partial charge in [0.15, 0.2) is 0 Å². The average Bonchev–Trinajstić information content (AvgIpc) is 2.27. The van der Waals surface area contributed by atoms with Gasteiger partial charge in [0.2, 0.25) is 5.91 Å². The van der Waals surface area contributed by atoms with Crippen LogP contribution in [0.2, 0.25) is 0 Å². The molecular formula is C10H15NO5. The third kappa shape index (κ3) is 5.14. The van der Waals surface area contributed by atoms with Gasteiger partial charge in [-0.15, -0.1) is 0 Å². The minimum Gasteiger partial charge on any atom is -0.468 e. The number of hydrogen-bond acceptors (Lipinski definition) is 5. The van der Waals surface area contributed by atoms with Gasteiger partial charge in [-0.25, -0.2) is 0 Å². The molecule has 0 aromatic carbocycles. The Morgan fingerprint density at radius 1 is 1.06 bits per heavy atom. The molecule has 0 aliphatic heterocycles. The van der Waals surface area contributed by atoms with E-state index in [1.165, 1.54) is 26.4 Å². The highest BCUT2D eigenvalue weighted by Crippen LogP contribution is 1.94. The van der Waals surface area contributed by atoms with Crippen molar-refractivity contribution >= 4 is 17.8 Å². The van der Waals surface area contributed by atoms with Crippen molar-refractivity contribution in [3.05, 3.63) is 12.2 Å². The maximum atomic E-state index is 11.5. The summed E-state index contributed by atoms with van der Waals surface area (Å²) in [4.78, 5) is 34.5. The van der Waals surface area contributed by atoms with E-state index in [-0.39, 0.29) is 13.1 Å². The fourth-order valence-corrected chi connectivity index (χ4v) is 0.900. The van der Waals surface area contributed by atoms with Gasteiger partial charge in [0.1, 0.15) is 13.1 Å². The number of amides is 1. The van der Waals surface area contributed by atoms with Gasteiger partial charge in [0.05, 0.1) is 14.2 Å². The van der Waals surface area contributed by atoms with E-state index in [4.69, 9.17) is 0 Å². The van der Waals surface area contributed by atoms with Gasteiger partial charge in [-0.2, -0.15) is 0 Å². The van der Waals surface area contributed by atoms with Gasteiger partial charge in [0.25, 0.3) is 0 Å². The Balaban J connectivity index is 4.55. The van der Waals surface area contributed by atoms with Crippen LogP contribution in [0.1, 0.15) is 6.92 Å². The second kappa shape index (κ2) is 7.44. The molecule has 0 bridgehead atoms. The van der Waals surface area contributed by atoms with Crippen molar-refractivity contribution < 1.29 is 23.9 Å². The topological polar surface area (TPSA) is 72.9 Å². The smallest absolute Gasteiger partial charge is 0.325 e. The van der Waals surface area contributed by atoms with Crippen LogP contribution in [0, 0.1) is 0 Å². The summed E-state index contributed by atoms with van der Waals surface area (Å²) >= 11 is 0. The third-order valence-corrected chi connectivity index (χ3v) is 1.72. The summed E-state index contributed by atoms with van der Waals surface area (Å²) in [6.45, 7) is 1.09. The molecule has 0 radical (unpaired) electrons. The quantitative estimate of drug-likeness (QED) is 0.479. The van der Waals surface area contributed by atoms with Crippen molar-refractivity contribution in [3.63, 3.8) is 0 Å². The lowest BCUT2D eigenvalue weighted by Gasteiger charge is -2.18. The molecule has 16 heavy (non-hydrogen) atoms. The van der Waals surface area contributed by atoms with E-state index in [2.05, 4.69) is 9.47 Å². The highest BCUT2D eigenvalue weighted by Gasteiger charge is 2.18. The normalized spacial score (nSPS) is 9.94. The zero-order chi connectivity index (χ0) is 12.6. The highest BCUT2D eigenvalue weighted by molar-refractivity contribution is 5.92. The summed E-state index contributed by atoms with van der Waals surface area (Å²) < 4.78 is 8.83. The number of esters is 2. The fourth-order valence-electron chi connectivity index (χ4n) is 0.900. The molecule has 0 aromatic heterocycles. The Labute approximate surface area is 93.8 Å². The van der Waals surface area contributed by atoms with E-state index in [0.717, 1.165) is 4.90 Å². The van der Waals surface area contributed by atoms with Crippen molar-refractivity contribution in [1.82, 2.24) is 4.90 Å². The van der Waals surface area contributed by atoms with Crippen LogP contribution >= 0.6 is 0 Å². The van der Waals surface area contributed by atoms with E-state index in [9.17, 15) is 14.4 Å². The van der Waals surface area contributed by atoms with Crippen LogP contribution in [-0.4, -0.2) is 50.1 Å². The number of methoxy groups -OCH3 is 2. The van der Waals surface area contributed by atoms with E-state index in [0.29, 0.717) is 0 Å². The Morgan fingerprint density at radius 2 is 1.50 bits per heavy atom. The van der Waals surface area contributed by atoms with Gasteiger partial charge in [-0.3, -0.25) is 14.4 Å². The summed E-state index contributed by atoms with van der Waals surface area (Å²) in [7, 11) is 2.41. The molecule has 0 N–H and O–H groups in total. The molecule has 6 heteroatoms. The first-order valence-electron chi connectivity index (χ1n) is 4.60. The molecule has 1 amide bonds. The number of allylic oxidation sites excluding steroid dienone is 1. The molecule has 6 nitrogen and oxygen atoms in total. The highest BCUT2D eigenvalue weighted by atomic mass is 16.5. The molecule has 0 rings (SSSR count). The molecule has 0 spiro atoms. The second-order valence-corrected chi connectivity index (χ2v) is 2.85. The first kappa shape index (κ1) is 14.2. The first-order chi connectivity index (χ1) is 7.54. The maximum absolute atomic E-state index is 11.5. The van der Waals surface area contributed by atoms with Crippen molar-refractivity contribution in [1.29, 1.82) is 0 Å². The van der Waals surface area contributed by atoms with Crippen molar-refractivity contribution in [2.75, 3.05) is 27.3 Å². The maximum Gasteiger partial charge on any atom is 0.325 e. The zero-order valence-electron chi connectivity index (χ0n) is 9.56. The summed E-state index contributed by atoms with van der Waals surface area (Å²) in [5.41, 5.74) is 0. The Kier molecular flexibility index (Phi) is 6.58. The lowest BCUT2D eigenvalue weighted by molar-refractivity contribution is -0.150. The predicted molar refractivity (Wildman–Crippen MR) is 55.4 cm³/mol. The largest absolute Gasteiger partial charge is 0.468 e. The Morgan fingerprint density at radius 3 is 1.81 bits per heavy atom. The second-order valence-electron chi connectivity index (χ2n) is 2.85. The van der Waals surface area contributed by atoms with Gasteiger partial charge in [-0.05, 0) is 13.0 Å². The Bertz CT molecular complexity index is 280. The average molecular weight is 229 g/mol. The van der Waals surface area contributed by atoms with Gasteiger partial charge in [0, 0.05) is 0 Å². The standard InChI is InChI=1S/C10H15NO5/c1-4-5-8(12)11(6-9(13)15-2)7-10(14)16-3/h4-5H,6-7H2,1-3H3. The fraction of sp³-hybridized carbons (Fsp3) is 0.500. The molecule has 0 aliphatic rings. The van der Waals surface area contributed by atoms with Crippen LogP contribution in [0.25, 0.3) is 0 Å². The predicted octanol–water partition coefficient (Wildman–Crippen LogP) is -0.263. The molecule has 90 valence electrons. The lowest BCUT2D eigenvalue weighted by atomic mass is 10.4. The number of hydrogen-bond donors (Lipinski definition) is 0. The lowest BCUT2D eigenvalue weighted by Crippen LogP contribution is -2.39. The minimum atomic E-state index is -0.596. The van der Waals surface area contributed by atoms with Crippen LogP contribution in [0.4, 0.5) is 0 Å². The van der Waals surface area contributed by atoms with E-state index in [1.54, 1.807) is 6.92 Å². The molecule has 0 saturated carbocycles. The third-order valence-electron chi connectivity index (χ3n) is 1.72. The zero-order valence-corrected chi connectivity index (χ0v) is 9.56. The van der Waals surface area contributed by atoms with Crippen molar-refractivity contribution in [2.45, 2.75) is 6.92 Å². The summed E-state index contributed by atoms with van der Waals surface area (Å²) in [6.07, 6.45) is 2.77. The minimum absolute atomic E-state index is 0.283. The molecule has 0 atom stereocenters. The number of rotatable bonds is 5. The molecule has 0 unspecified atom stereocenters. The molecule has 0 aliphatic carbocycles. The van der Waals surface area contributed by atoms with Gasteiger partial charge in [-0.1, -0.05) is 6.08 Å².